The molecule has 11 heteroatoms. The Bertz CT molecular complexity index is 875. The van der Waals surface area contributed by atoms with Crippen LogP contribution < -0.4 is 21.3 Å². The normalized spacial score (nSPS) is 18.7. The number of rotatable bonds is 7. The van der Waals surface area contributed by atoms with Gasteiger partial charge in [0, 0.05) is 24.0 Å². The molecule has 0 bridgehead atoms. The fraction of sp³-hybridized carbons (Fsp3) is 0.421. The fourth-order valence-electron chi connectivity index (χ4n) is 3.16. The van der Waals surface area contributed by atoms with Crippen LogP contribution in [-0.4, -0.2) is 55.8 Å². The Morgan fingerprint density at radius 1 is 1.30 bits per heavy atom. The number of hydrogen-bond donors (Lipinski definition) is 4. The molecule has 4 amide bonds. The van der Waals surface area contributed by atoms with Gasteiger partial charge in [-0.05, 0) is 38.0 Å². The van der Waals surface area contributed by atoms with Gasteiger partial charge < -0.3 is 20.7 Å². The maximum absolute atomic E-state index is 12.9. The highest BCUT2D eigenvalue weighted by atomic mass is 35.5. The summed E-state index contributed by atoms with van der Waals surface area (Å²) in [6.07, 6.45) is -0.381. The Labute approximate surface area is 178 Å². The molecule has 1 unspecified atom stereocenters. The topological polar surface area (TPSA) is 143 Å². The zero-order valence-corrected chi connectivity index (χ0v) is 17.5. The van der Waals surface area contributed by atoms with Crippen LogP contribution in [0.25, 0.3) is 0 Å². The molecular formula is C19H23ClN4O6. The van der Waals surface area contributed by atoms with Gasteiger partial charge in [-0.3, -0.25) is 24.5 Å². The van der Waals surface area contributed by atoms with Gasteiger partial charge in [-0.15, -0.1) is 0 Å². The van der Waals surface area contributed by atoms with Crippen molar-refractivity contribution >= 4 is 46.9 Å². The number of anilines is 1. The number of carbonyl (C=O) groups excluding carboxylic acids is 5. The predicted molar refractivity (Wildman–Crippen MR) is 108 cm³/mol. The zero-order valence-electron chi connectivity index (χ0n) is 16.7. The zero-order chi connectivity index (χ0) is 22.4. The van der Waals surface area contributed by atoms with Crippen LogP contribution >= 0.6 is 11.6 Å². The van der Waals surface area contributed by atoms with Gasteiger partial charge in [0.05, 0.1) is 24.4 Å². The monoisotopic (exact) mass is 438 g/mol. The van der Waals surface area contributed by atoms with Crippen molar-refractivity contribution in [2.24, 2.45) is 5.92 Å². The van der Waals surface area contributed by atoms with Crippen molar-refractivity contribution in [3.05, 3.63) is 28.8 Å². The number of carbonyl (C=O) groups is 5. The summed E-state index contributed by atoms with van der Waals surface area (Å²) in [5.41, 5.74) is 0.0639. The van der Waals surface area contributed by atoms with Crippen LogP contribution in [0, 0.1) is 5.92 Å². The number of ether oxygens (including phenoxy) is 1. The summed E-state index contributed by atoms with van der Waals surface area (Å²) in [4.78, 5) is 60.9. The van der Waals surface area contributed by atoms with Crippen molar-refractivity contribution < 1.29 is 28.7 Å². The Kier molecular flexibility index (Phi) is 7.76. The van der Waals surface area contributed by atoms with E-state index >= 15 is 0 Å². The Balaban J connectivity index is 2.28. The van der Waals surface area contributed by atoms with Crippen LogP contribution in [-0.2, 0) is 19.1 Å². The van der Waals surface area contributed by atoms with Crippen molar-refractivity contribution in [1.82, 2.24) is 16.0 Å². The van der Waals surface area contributed by atoms with E-state index in [4.69, 9.17) is 11.6 Å². The van der Waals surface area contributed by atoms with E-state index in [0.717, 1.165) is 7.11 Å². The average Bonchev–Trinajstić information content (AvgIpc) is 3.03. The number of amides is 4. The highest BCUT2D eigenvalue weighted by Crippen LogP contribution is 2.23. The quantitative estimate of drug-likeness (QED) is 0.465. The third kappa shape index (κ3) is 5.69. The van der Waals surface area contributed by atoms with Gasteiger partial charge in [0.15, 0.2) is 0 Å². The van der Waals surface area contributed by atoms with Gasteiger partial charge in [-0.1, -0.05) is 11.6 Å². The minimum absolute atomic E-state index is 0.0353. The van der Waals surface area contributed by atoms with E-state index in [-0.39, 0.29) is 34.6 Å². The lowest BCUT2D eigenvalue weighted by Crippen LogP contribution is -2.48. The van der Waals surface area contributed by atoms with E-state index in [2.05, 4.69) is 26.0 Å². The lowest BCUT2D eigenvalue weighted by atomic mass is 9.93. The second kappa shape index (κ2) is 10.1. The molecule has 0 aliphatic carbocycles. The van der Waals surface area contributed by atoms with Crippen molar-refractivity contribution in [2.45, 2.75) is 31.8 Å². The lowest BCUT2D eigenvalue weighted by Gasteiger charge is -2.20. The molecule has 1 saturated heterocycles. The predicted octanol–water partition coefficient (Wildman–Crippen LogP) is 0.846. The number of Topliss-reactive ketones (excluding diaryl/α,β-unsaturated/α-hetero) is 1. The molecule has 10 nitrogen and oxygen atoms in total. The molecular weight excluding hydrogens is 416 g/mol. The third-order valence-electron chi connectivity index (χ3n) is 4.64. The van der Waals surface area contributed by atoms with E-state index in [1.807, 2.05) is 6.92 Å². The van der Waals surface area contributed by atoms with E-state index in [1.54, 1.807) is 0 Å². The molecule has 2 rings (SSSR count). The first-order chi connectivity index (χ1) is 14.2. The number of ketones is 1. The molecule has 0 radical (unpaired) electrons. The average molecular weight is 439 g/mol. The third-order valence-corrected chi connectivity index (χ3v) is 4.87. The van der Waals surface area contributed by atoms with Gasteiger partial charge in [0.2, 0.25) is 11.7 Å². The molecule has 1 heterocycles. The smallest absolute Gasteiger partial charge is 0.411 e. The Morgan fingerprint density at radius 3 is 2.57 bits per heavy atom. The molecule has 1 aromatic rings. The summed E-state index contributed by atoms with van der Waals surface area (Å²) in [7, 11) is 2.45. The van der Waals surface area contributed by atoms with E-state index in [1.165, 1.54) is 25.2 Å². The highest BCUT2D eigenvalue weighted by Gasteiger charge is 2.36. The first-order valence-corrected chi connectivity index (χ1v) is 9.55. The summed E-state index contributed by atoms with van der Waals surface area (Å²) in [5, 5.41) is 10.1. The summed E-state index contributed by atoms with van der Waals surface area (Å²) in [6.45, 7) is 1.82. The molecule has 1 aliphatic heterocycles. The summed E-state index contributed by atoms with van der Waals surface area (Å²) >= 11 is 5.97. The second-order valence-electron chi connectivity index (χ2n) is 6.85. The van der Waals surface area contributed by atoms with Gasteiger partial charge in [0.1, 0.15) is 0 Å². The van der Waals surface area contributed by atoms with E-state index in [9.17, 15) is 24.0 Å². The van der Waals surface area contributed by atoms with Gasteiger partial charge in [-0.25, -0.2) is 4.79 Å². The molecule has 1 aliphatic rings. The van der Waals surface area contributed by atoms with Crippen LogP contribution in [0.15, 0.2) is 18.2 Å². The number of hydrogen-bond acceptors (Lipinski definition) is 6. The maximum Gasteiger partial charge on any atom is 0.411 e. The van der Waals surface area contributed by atoms with Gasteiger partial charge >= 0.3 is 6.09 Å². The minimum atomic E-state index is -1.25. The van der Waals surface area contributed by atoms with Crippen molar-refractivity contribution in [2.75, 3.05) is 19.5 Å². The largest absolute Gasteiger partial charge is 0.453 e. The van der Waals surface area contributed by atoms with E-state index in [0.29, 0.717) is 6.42 Å². The van der Waals surface area contributed by atoms with Crippen molar-refractivity contribution in [1.29, 1.82) is 0 Å². The van der Waals surface area contributed by atoms with Crippen LogP contribution in [0.2, 0.25) is 5.02 Å². The van der Waals surface area contributed by atoms with Gasteiger partial charge in [-0.2, -0.15) is 0 Å². The molecule has 1 fully saturated rings. The van der Waals surface area contributed by atoms with Crippen LogP contribution in [0.5, 0.6) is 0 Å². The Morgan fingerprint density at radius 2 is 2.00 bits per heavy atom. The number of likely N-dealkylation sites (N-methyl/N-ethyl adjacent to an activating group) is 1. The van der Waals surface area contributed by atoms with E-state index < -0.39 is 35.7 Å². The molecule has 3 atom stereocenters. The number of benzene rings is 1. The lowest BCUT2D eigenvalue weighted by molar-refractivity contribution is -0.139. The number of methoxy groups -OCH3 is 1. The first kappa shape index (κ1) is 23.1. The van der Waals surface area contributed by atoms with Crippen LogP contribution in [0.3, 0.4) is 0 Å². The van der Waals surface area contributed by atoms with Crippen LogP contribution in [0.1, 0.15) is 30.1 Å². The van der Waals surface area contributed by atoms with Gasteiger partial charge in [0.25, 0.3) is 11.8 Å². The first-order valence-electron chi connectivity index (χ1n) is 9.18. The van der Waals surface area contributed by atoms with Crippen molar-refractivity contribution in [3.63, 3.8) is 0 Å². The standard InChI is InChI=1S/C19H23ClN4O6/c1-9-6-10(16(26)22-9)7-14(15(25)18(28)21-2)23-17(27)12-8-11(20)4-5-13(12)24-19(29)30-3/h4-5,8-10,14H,6-7H2,1-3H3,(H,21,28)(H,22,26)(H,23,27)(H,24,29)/t9-,10+,14?/m1/s1. The second-order valence-corrected chi connectivity index (χ2v) is 7.29. The molecule has 0 aromatic heterocycles. The molecule has 1 aromatic carbocycles. The minimum Gasteiger partial charge on any atom is -0.453 e. The summed E-state index contributed by atoms with van der Waals surface area (Å²) < 4.78 is 4.53. The fourth-order valence-corrected chi connectivity index (χ4v) is 3.34. The molecule has 30 heavy (non-hydrogen) atoms. The highest BCUT2D eigenvalue weighted by molar-refractivity contribution is 6.38. The SMILES string of the molecule is CNC(=O)C(=O)C(C[C@@H]1C[C@@H](C)NC1=O)NC(=O)c1cc(Cl)ccc1NC(=O)OC. The summed E-state index contributed by atoms with van der Waals surface area (Å²) in [5.74, 6) is -3.32. The van der Waals surface area contributed by atoms with Crippen molar-refractivity contribution in [3.8, 4) is 0 Å². The molecule has 0 spiro atoms. The summed E-state index contributed by atoms with van der Waals surface area (Å²) in [6, 6.07) is 2.84. The molecule has 0 saturated carbocycles. The molecule has 4 N–H and O–H groups in total. The maximum atomic E-state index is 12.9. The van der Waals surface area contributed by atoms with Crippen LogP contribution in [0.4, 0.5) is 10.5 Å². The number of nitrogens with one attached hydrogen (secondary N) is 4. The molecule has 162 valence electrons. The Hall–Kier alpha value is -3.14. The number of halogens is 1.